The van der Waals surface area contributed by atoms with Crippen molar-refractivity contribution in [2.45, 2.75) is 12.8 Å². The van der Waals surface area contributed by atoms with Crippen LogP contribution in [0.25, 0.3) is 11.1 Å². The molecule has 0 aliphatic heterocycles. The summed E-state index contributed by atoms with van der Waals surface area (Å²) in [5.74, 6) is 0.533. The first-order valence-electron chi connectivity index (χ1n) is 10.6. The molecule has 8 heteroatoms. The molecule has 0 aliphatic carbocycles. The molecule has 1 heterocycles. The smallest absolute Gasteiger partial charge is 0.416 e. The largest absolute Gasteiger partial charge is 0.493 e. The van der Waals surface area contributed by atoms with Crippen LogP contribution in [0.3, 0.4) is 0 Å². The number of nitrogens with zero attached hydrogens (tertiary/aromatic N) is 1. The van der Waals surface area contributed by atoms with E-state index >= 15 is 0 Å². The second kappa shape index (κ2) is 10.3. The van der Waals surface area contributed by atoms with Gasteiger partial charge in [0.15, 0.2) is 11.5 Å². The molecule has 0 saturated carbocycles. The van der Waals surface area contributed by atoms with Gasteiger partial charge >= 0.3 is 6.18 Å². The zero-order valence-electron chi connectivity index (χ0n) is 18.7. The highest BCUT2D eigenvalue weighted by molar-refractivity contribution is 6.08. The van der Waals surface area contributed by atoms with E-state index in [1.54, 1.807) is 54.9 Å². The summed E-state index contributed by atoms with van der Waals surface area (Å²) in [6, 6.07) is 20.1. The summed E-state index contributed by atoms with van der Waals surface area (Å²) in [6.07, 6.45) is -1.09. The average Bonchev–Trinajstić information content (AvgIpc) is 2.88. The Morgan fingerprint density at radius 2 is 1.63 bits per heavy atom. The van der Waals surface area contributed by atoms with Crippen LogP contribution in [0.5, 0.6) is 11.5 Å². The lowest BCUT2D eigenvalue weighted by molar-refractivity contribution is -0.137. The molecule has 0 radical (unpaired) electrons. The summed E-state index contributed by atoms with van der Waals surface area (Å²) in [5.41, 5.74) is 1.98. The quantitative estimate of drug-likeness (QED) is 0.325. The summed E-state index contributed by atoms with van der Waals surface area (Å²) in [4.78, 5) is 17.1. The number of aromatic nitrogens is 1. The fraction of sp³-hybridized carbons (Fsp3) is 0.111. The van der Waals surface area contributed by atoms with Crippen molar-refractivity contribution >= 4 is 11.6 Å². The summed E-state index contributed by atoms with van der Waals surface area (Å²) < 4.78 is 50.0. The number of anilines is 1. The second-order valence-corrected chi connectivity index (χ2v) is 7.58. The normalized spacial score (nSPS) is 11.1. The Balaban J connectivity index is 1.55. The Labute approximate surface area is 200 Å². The Bertz CT molecular complexity index is 1310. The van der Waals surface area contributed by atoms with E-state index in [2.05, 4.69) is 10.3 Å². The minimum Gasteiger partial charge on any atom is -0.493 e. The molecular formula is C27H21F3N2O3. The van der Waals surface area contributed by atoms with E-state index < -0.39 is 17.6 Å². The van der Waals surface area contributed by atoms with Crippen LogP contribution in [-0.4, -0.2) is 18.0 Å². The predicted octanol–water partition coefficient (Wildman–Crippen LogP) is 6.61. The van der Waals surface area contributed by atoms with Gasteiger partial charge in [0, 0.05) is 29.7 Å². The van der Waals surface area contributed by atoms with E-state index in [0.29, 0.717) is 33.9 Å². The number of hydrogen-bond acceptors (Lipinski definition) is 4. The lowest BCUT2D eigenvalue weighted by Crippen LogP contribution is -2.13. The maximum absolute atomic E-state index is 13.1. The van der Waals surface area contributed by atoms with Crippen molar-refractivity contribution in [3.63, 3.8) is 0 Å². The zero-order chi connectivity index (χ0) is 24.8. The van der Waals surface area contributed by atoms with Gasteiger partial charge in [0.2, 0.25) is 0 Å². The maximum Gasteiger partial charge on any atom is 0.416 e. The lowest BCUT2D eigenvalue weighted by Gasteiger charge is -2.14. The van der Waals surface area contributed by atoms with Gasteiger partial charge < -0.3 is 14.8 Å². The minimum absolute atomic E-state index is 0.285. The van der Waals surface area contributed by atoms with E-state index in [0.717, 1.165) is 17.7 Å². The predicted molar refractivity (Wildman–Crippen MR) is 126 cm³/mol. The number of nitrogens with one attached hydrogen (secondary N) is 1. The number of amides is 1. The number of pyridine rings is 1. The minimum atomic E-state index is -4.43. The number of hydrogen-bond donors (Lipinski definition) is 1. The first kappa shape index (κ1) is 23.8. The zero-order valence-corrected chi connectivity index (χ0v) is 18.7. The van der Waals surface area contributed by atoms with Gasteiger partial charge in [0.1, 0.15) is 6.61 Å². The van der Waals surface area contributed by atoms with Crippen LogP contribution >= 0.6 is 0 Å². The molecule has 0 aliphatic rings. The van der Waals surface area contributed by atoms with Gasteiger partial charge in [-0.2, -0.15) is 13.2 Å². The number of rotatable bonds is 7. The number of carbonyl (C=O) groups is 1. The van der Waals surface area contributed by atoms with E-state index in [9.17, 15) is 18.0 Å². The van der Waals surface area contributed by atoms with Gasteiger partial charge in [-0.05, 0) is 59.2 Å². The first-order valence-corrected chi connectivity index (χ1v) is 10.6. The molecule has 0 fully saturated rings. The molecule has 178 valence electrons. The van der Waals surface area contributed by atoms with E-state index in [4.69, 9.17) is 9.47 Å². The van der Waals surface area contributed by atoms with Gasteiger partial charge in [0.25, 0.3) is 5.91 Å². The SMILES string of the molecule is COc1ccc(NC(=O)c2ccccc2-c2ccc(C(F)(F)F)cc2)cc1OCc1ccncc1. The van der Waals surface area contributed by atoms with Crippen LogP contribution in [0.1, 0.15) is 21.5 Å². The topological polar surface area (TPSA) is 60.5 Å². The van der Waals surface area contributed by atoms with Crippen LogP contribution in [0.2, 0.25) is 0 Å². The summed E-state index contributed by atoms with van der Waals surface area (Å²) in [5, 5.41) is 2.83. The van der Waals surface area contributed by atoms with Crippen LogP contribution in [0.15, 0.2) is 91.3 Å². The van der Waals surface area contributed by atoms with E-state index in [1.807, 2.05) is 12.1 Å². The number of methoxy groups -OCH3 is 1. The monoisotopic (exact) mass is 478 g/mol. The third kappa shape index (κ3) is 5.78. The molecule has 35 heavy (non-hydrogen) atoms. The molecule has 1 amide bonds. The lowest BCUT2D eigenvalue weighted by atomic mass is 9.98. The first-order chi connectivity index (χ1) is 16.8. The molecule has 5 nitrogen and oxygen atoms in total. The van der Waals surface area contributed by atoms with Gasteiger partial charge in [-0.1, -0.05) is 30.3 Å². The van der Waals surface area contributed by atoms with Gasteiger partial charge in [0.05, 0.1) is 12.7 Å². The molecule has 4 rings (SSSR count). The third-order valence-electron chi connectivity index (χ3n) is 5.26. The molecule has 0 bridgehead atoms. The van der Waals surface area contributed by atoms with Crippen LogP contribution in [0.4, 0.5) is 18.9 Å². The van der Waals surface area contributed by atoms with Gasteiger partial charge in [-0.25, -0.2) is 0 Å². The Morgan fingerprint density at radius 1 is 0.914 bits per heavy atom. The average molecular weight is 478 g/mol. The molecule has 1 N–H and O–H groups in total. The molecule has 0 spiro atoms. The van der Waals surface area contributed by atoms with Gasteiger partial charge in [-0.3, -0.25) is 9.78 Å². The fourth-order valence-corrected chi connectivity index (χ4v) is 3.48. The van der Waals surface area contributed by atoms with Crippen LogP contribution in [0, 0.1) is 0 Å². The highest BCUT2D eigenvalue weighted by Gasteiger charge is 2.30. The van der Waals surface area contributed by atoms with Crippen LogP contribution in [-0.2, 0) is 12.8 Å². The Hall–Kier alpha value is -4.33. The van der Waals surface area contributed by atoms with Gasteiger partial charge in [-0.15, -0.1) is 0 Å². The summed E-state index contributed by atoms with van der Waals surface area (Å²) in [6.45, 7) is 0.285. The van der Waals surface area contributed by atoms with Crippen molar-refractivity contribution in [1.82, 2.24) is 4.98 Å². The highest BCUT2D eigenvalue weighted by Crippen LogP contribution is 2.33. The molecule has 0 unspecified atom stereocenters. The Morgan fingerprint density at radius 3 is 2.31 bits per heavy atom. The van der Waals surface area contributed by atoms with Crippen LogP contribution < -0.4 is 14.8 Å². The molecular weight excluding hydrogens is 457 g/mol. The number of alkyl halides is 3. The van der Waals surface area contributed by atoms with Crippen molar-refractivity contribution < 1.29 is 27.4 Å². The summed E-state index contributed by atoms with van der Waals surface area (Å²) >= 11 is 0. The van der Waals surface area contributed by atoms with E-state index in [1.165, 1.54) is 19.2 Å². The number of carbonyl (C=O) groups excluding carboxylic acids is 1. The maximum atomic E-state index is 13.1. The molecule has 0 saturated heterocycles. The number of halogens is 3. The molecule has 3 aromatic carbocycles. The number of benzene rings is 3. The van der Waals surface area contributed by atoms with E-state index in [-0.39, 0.29) is 6.61 Å². The summed E-state index contributed by atoms with van der Waals surface area (Å²) in [7, 11) is 1.52. The third-order valence-corrected chi connectivity index (χ3v) is 5.26. The van der Waals surface area contributed by atoms with Crippen molar-refractivity contribution in [1.29, 1.82) is 0 Å². The van der Waals surface area contributed by atoms with Crippen molar-refractivity contribution in [3.05, 3.63) is 108 Å². The second-order valence-electron chi connectivity index (χ2n) is 7.58. The number of ether oxygens (including phenoxy) is 2. The van der Waals surface area contributed by atoms with Crippen molar-refractivity contribution in [2.24, 2.45) is 0 Å². The molecule has 1 aromatic heterocycles. The Kier molecular flexibility index (Phi) is 7.01. The highest BCUT2D eigenvalue weighted by atomic mass is 19.4. The van der Waals surface area contributed by atoms with Crippen molar-refractivity contribution in [2.75, 3.05) is 12.4 Å². The molecule has 4 aromatic rings. The van der Waals surface area contributed by atoms with Crippen molar-refractivity contribution in [3.8, 4) is 22.6 Å². The fourth-order valence-electron chi connectivity index (χ4n) is 3.48. The molecule has 0 atom stereocenters. The standard InChI is InChI=1S/C27H21F3N2O3/c1-34-24-11-10-21(16-25(24)35-17-18-12-14-31-15-13-18)32-26(33)23-5-3-2-4-22(23)19-6-8-20(9-7-19)27(28,29)30/h2-16H,17H2,1H3,(H,32,33).